The van der Waals surface area contributed by atoms with E-state index in [9.17, 15) is 71.9 Å². The summed E-state index contributed by atoms with van der Waals surface area (Å²) in [6.45, 7) is 23.0. The lowest BCUT2D eigenvalue weighted by Gasteiger charge is -2.35. The summed E-state index contributed by atoms with van der Waals surface area (Å²) in [5.74, 6) is -8.96. The third-order valence-electron chi connectivity index (χ3n) is 25.4. The number of benzene rings is 3. The number of rotatable bonds is 22. The molecule has 36 nitrogen and oxygen atoms in total. The number of ketones is 3. The quantitative estimate of drug-likeness (QED) is 0.0345. The van der Waals surface area contributed by atoms with E-state index in [0.717, 1.165) is 36.8 Å². The Kier molecular flexibility index (Phi) is 43.2. The van der Waals surface area contributed by atoms with E-state index in [1.807, 2.05) is 68.4 Å². The number of nitrogens with one attached hydrogen (secondary N) is 12. The first-order valence-corrected chi connectivity index (χ1v) is 47.0. The third kappa shape index (κ3) is 33.7. The molecule has 5 aliphatic rings. The number of aliphatic imine (C=N–C) groups is 3. The zero-order valence-electron chi connectivity index (χ0n) is 79.5. The fourth-order valence-corrected chi connectivity index (χ4v) is 16.7. The second-order valence-corrected chi connectivity index (χ2v) is 37.5. The fraction of sp³-hybridized carbons (Fsp3) is 0.625. The van der Waals surface area contributed by atoms with Gasteiger partial charge < -0.3 is 98.2 Å². The Morgan fingerprint density at radius 3 is 0.955 bits per heavy atom. The molecule has 2 aliphatic carbocycles. The Morgan fingerprint density at radius 1 is 0.371 bits per heavy atom. The summed E-state index contributed by atoms with van der Waals surface area (Å²) in [5, 5.41) is 35.0. The maximum Gasteiger partial charge on any atom is 0.247 e. The number of hydrogen-bond acceptors (Lipinski definition) is 18. The predicted octanol–water partition coefficient (Wildman–Crippen LogP) is 5.28. The average molecular weight is 1840 g/mol. The molecule has 0 radical (unpaired) electrons. The molecule has 0 aromatic heterocycles. The molecule has 0 unspecified atom stereocenters. The number of Topliss-reactive ketones (excluding diaryl/α,β-unsaturated/α-hetero) is 3. The lowest BCUT2D eigenvalue weighted by Crippen LogP contribution is -2.60. The summed E-state index contributed by atoms with van der Waals surface area (Å²) in [4.78, 5) is 215. The van der Waals surface area contributed by atoms with Gasteiger partial charge in [-0.3, -0.25) is 86.9 Å². The highest BCUT2D eigenvalue weighted by Gasteiger charge is 2.49. The topological polar surface area (TPSA) is 594 Å². The van der Waals surface area contributed by atoms with E-state index < -0.39 is 105 Å². The Hall–Kier alpha value is -11.9. The highest BCUT2D eigenvalue weighted by molar-refractivity contribution is 6.02. The van der Waals surface area contributed by atoms with Gasteiger partial charge in [0.2, 0.25) is 70.9 Å². The Bertz CT molecular complexity index is 4320. The van der Waals surface area contributed by atoms with E-state index in [2.05, 4.69) is 78.8 Å². The number of nitrogens with zero attached hydrogens (tertiary/aromatic N) is 3. The summed E-state index contributed by atoms with van der Waals surface area (Å²) >= 11 is 0. The molecular weight excluding hydrogens is 1690 g/mol. The van der Waals surface area contributed by atoms with E-state index in [1.165, 1.54) is 0 Å². The Balaban J connectivity index is 0.000000305. The Morgan fingerprint density at radius 2 is 0.659 bits per heavy atom. The van der Waals surface area contributed by atoms with Gasteiger partial charge in [-0.05, 0) is 180 Å². The van der Waals surface area contributed by atoms with Crippen molar-refractivity contribution in [3.63, 3.8) is 0 Å². The maximum absolute atomic E-state index is 14.0. The van der Waals surface area contributed by atoms with E-state index in [1.54, 1.807) is 93.5 Å². The molecule has 728 valence electrons. The number of hydrogen-bond donors (Lipinski definition) is 18. The van der Waals surface area contributed by atoms with Gasteiger partial charge in [0.25, 0.3) is 0 Å². The molecule has 3 aliphatic heterocycles. The van der Waals surface area contributed by atoms with Crippen LogP contribution in [0, 0.1) is 49.4 Å². The number of carbonyl (C=O) groups is 15. The van der Waals surface area contributed by atoms with E-state index >= 15 is 0 Å². The van der Waals surface area contributed by atoms with Gasteiger partial charge in [-0.25, -0.2) is 0 Å². The van der Waals surface area contributed by atoms with Crippen LogP contribution in [0.4, 0.5) is 0 Å². The van der Waals surface area contributed by atoms with Crippen molar-refractivity contribution in [2.75, 3.05) is 39.3 Å². The fourth-order valence-electron chi connectivity index (χ4n) is 16.7. The average Bonchev–Trinajstić information content (AvgIpc) is 1.56. The summed E-state index contributed by atoms with van der Waals surface area (Å²) in [6, 6.07) is 19.9. The van der Waals surface area contributed by atoms with Crippen LogP contribution < -0.4 is 98.2 Å². The van der Waals surface area contributed by atoms with Crippen molar-refractivity contribution in [3.05, 3.63) is 107 Å². The standard InChI is InChI=1S/2C33H51N7O5.C30H47N7O5/c2*1-21(2)27(42)39-32(4)15-7-8-18-36-29(44)26(23-13-11-22(3)12-14-23)38-30(45)33(16-5-6-17-33)40-28(43)24(20-25(32)41)10-9-19-37-31(34)35;1-5-22-27(41)36-24(20-12-7-6-8-13-20)28(42)33-16-10-9-15-30(4,37-25(39)19(2)3)23(38)18-21(26(40)35-22)14-11-17-34-29(31)32/h2*11-14,21,24,26H,5-10,15-20H2,1-4H3,(H,36,44)(H,38,45)(H,39,42)(H,40,43)(H4,34,35,37);6-8,12-13,19,21-22,24H,5,9-11,14-18H2,1-4H3,(H,33,42)(H,35,40)(H,36,41)(H,37,39)(H4,31,32,34)/t2*24-,26-,32-;21-,22+,24-,30-/m110/s1. The second-order valence-electron chi connectivity index (χ2n) is 37.5. The Labute approximate surface area is 777 Å². The first-order chi connectivity index (χ1) is 62.4. The minimum Gasteiger partial charge on any atom is -0.370 e. The number of nitrogens with two attached hydrogens (primary N) is 6. The minimum absolute atomic E-state index is 0.0637. The molecule has 2 spiro atoms. The number of aryl methyl sites for hydroxylation is 2. The maximum atomic E-state index is 14.0. The highest BCUT2D eigenvalue weighted by atomic mass is 16.2. The molecule has 3 saturated heterocycles. The molecule has 10 atom stereocenters. The summed E-state index contributed by atoms with van der Waals surface area (Å²) in [6.07, 6.45) is 10.8. The second kappa shape index (κ2) is 52.4. The molecule has 12 amide bonds. The van der Waals surface area contributed by atoms with Gasteiger partial charge in [-0.2, -0.15) is 0 Å². The molecule has 132 heavy (non-hydrogen) atoms. The number of amides is 12. The van der Waals surface area contributed by atoms with Gasteiger partial charge in [0.05, 0.1) is 16.6 Å². The smallest absolute Gasteiger partial charge is 0.247 e. The van der Waals surface area contributed by atoms with Crippen LogP contribution >= 0.6 is 0 Å². The molecule has 5 fully saturated rings. The molecule has 8 rings (SSSR count). The normalized spacial score (nSPS) is 24.9. The summed E-state index contributed by atoms with van der Waals surface area (Å²) < 4.78 is 0. The summed E-state index contributed by atoms with van der Waals surface area (Å²) in [5.41, 5.74) is 30.6. The van der Waals surface area contributed by atoms with Crippen molar-refractivity contribution in [2.24, 2.45) is 84.9 Å². The molecule has 3 aromatic rings. The van der Waals surface area contributed by atoms with Crippen molar-refractivity contribution < 1.29 is 71.9 Å². The van der Waals surface area contributed by atoms with Crippen molar-refractivity contribution in [1.82, 2.24) is 63.8 Å². The predicted molar refractivity (Wildman–Crippen MR) is 506 cm³/mol. The molecule has 36 heteroatoms. The van der Waals surface area contributed by atoms with Crippen molar-refractivity contribution in [2.45, 2.75) is 308 Å². The van der Waals surface area contributed by atoms with Crippen LogP contribution in [0.2, 0.25) is 0 Å². The van der Waals surface area contributed by atoms with Gasteiger partial charge in [-0.1, -0.05) is 164 Å². The first-order valence-electron chi connectivity index (χ1n) is 47.0. The van der Waals surface area contributed by atoms with E-state index in [4.69, 9.17) is 34.4 Å². The van der Waals surface area contributed by atoms with Crippen LogP contribution in [0.25, 0.3) is 0 Å². The van der Waals surface area contributed by atoms with E-state index in [0.29, 0.717) is 152 Å². The first kappa shape index (κ1) is 109. The lowest BCUT2D eigenvalue weighted by molar-refractivity contribution is -0.139. The summed E-state index contributed by atoms with van der Waals surface area (Å²) in [7, 11) is 0. The molecular formula is C96H149N21O15. The van der Waals surface area contributed by atoms with Crippen LogP contribution in [0.5, 0.6) is 0 Å². The van der Waals surface area contributed by atoms with Crippen molar-refractivity contribution >= 4 is 106 Å². The van der Waals surface area contributed by atoms with Crippen molar-refractivity contribution in [3.8, 4) is 0 Å². The molecule has 0 bridgehead atoms. The van der Waals surface area contributed by atoms with Gasteiger partial charge in [0.1, 0.15) is 35.2 Å². The van der Waals surface area contributed by atoms with Crippen molar-refractivity contribution in [1.29, 1.82) is 0 Å². The van der Waals surface area contributed by atoms with Crippen LogP contribution in [0.3, 0.4) is 0 Å². The highest BCUT2D eigenvalue weighted by Crippen LogP contribution is 2.36. The van der Waals surface area contributed by atoms with Gasteiger partial charge in [0, 0.05) is 94.0 Å². The number of carbonyl (C=O) groups excluding carboxylic acids is 15. The third-order valence-corrected chi connectivity index (χ3v) is 25.4. The van der Waals surface area contributed by atoms with E-state index in [-0.39, 0.29) is 140 Å². The zero-order valence-corrected chi connectivity index (χ0v) is 79.5. The van der Waals surface area contributed by atoms with Gasteiger partial charge >= 0.3 is 0 Å². The monoisotopic (exact) mass is 1840 g/mol. The number of guanidine groups is 3. The van der Waals surface area contributed by atoms with Gasteiger partial charge in [-0.15, -0.1) is 0 Å². The van der Waals surface area contributed by atoms with Crippen LogP contribution in [-0.2, 0) is 71.9 Å². The van der Waals surface area contributed by atoms with Crippen LogP contribution in [0.1, 0.15) is 289 Å². The SMILES string of the molecule is CC[C@H]1NC(=O)[C@@H](CCCN=C(N)N)CC(=O)[C@@](C)(NC(=O)C(C)C)CCCCNC(=O)[C@H](c2ccccc2)NC1=O.Cc1ccc([C@H]2NC(=O)C3(CCCC3)NC(=O)[C@H](CCCN=C(N)N)CC(=O)[C@](C)(NC(=O)C(C)C)CCCCNC2=O)cc1.Cc1ccc([C@H]2NC(=O)C3(CCCC3)NC(=O)[C@H](CCCN=C(N)N)CC(=O)[C@](C)(NC(=O)C(C)C)CCCCNC2=O)cc1. The minimum atomic E-state index is -1.23. The van der Waals surface area contributed by atoms with Crippen LogP contribution in [-0.4, -0.2) is 179 Å². The lowest BCUT2D eigenvalue weighted by atomic mass is 9.82. The molecule has 3 aromatic carbocycles. The zero-order chi connectivity index (χ0) is 97.7. The molecule has 3 heterocycles. The molecule has 24 N–H and O–H groups in total. The van der Waals surface area contributed by atoms with Crippen LogP contribution in [0.15, 0.2) is 93.8 Å². The molecule has 2 saturated carbocycles. The van der Waals surface area contributed by atoms with Gasteiger partial charge in [0.15, 0.2) is 35.2 Å². The largest absolute Gasteiger partial charge is 0.370 e.